The molecule has 1 atom stereocenters. The molecular weight excluding hydrogens is 291 g/mol. The number of amides is 1. The number of aliphatic hydroxyl groups is 1. The number of ether oxygens (including phenoxy) is 1. The van der Waals surface area contributed by atoms with Crippen molar-refractivity contribution < 1.29 is 27.8 Å². The minimum Gasteiger partial charge on any atom is -0.383 e. The third-order valence-corrected chi connectivity index (χ3v) is 3.12. The van der Waals surface area contributed by atoms with Crippen LogP contribution in [-0.2, 0) is 22.2 Å². The zero-order valence-corrected chi connectivity index (χ0v) is 12.0. The number of methoxy groups -OCH3 is 1. The number of carbonyl (C=O) groups is 1. The zero-order chi connectivity index (χ0) is 16.3. The SMILES string of the molecule is COCCN(C)C(=O)CC(O)(c1nccn1C)C(F)(F)F. The Hall–Kier alpha value is -1.61. The van der Waals surface area contributed by atoms with Crippen LogP contribution in [-0.4, -0.2) is 59.0 Å². The molecule has 120 valence electrons. The molecule has 6 nitrogen and oxygen atoms in total. The van der Waals surface area contributed by atoms with E-state index in [4.69, 9.17) is 4.74 Å². The van der Waals surface area contributed by atoms with Crippen molar-refractivity contribution in [2.75, 3.05) is 27.3 Å². The fraction of sp³-hybridized carbons (Fsp3) is 0.667. The van der Waals surface area contributed by atoms with Gasteiger partial charge in [0.2, 0.25) is 11.5 Å². The number of aromatic nitrogens is 2. The lowest BCUT2D eigenvalue weighted by Crippen LogP contribution is -2.48. The number of likely N-dealkylation sites (N-methyl/N-ethyl adjacent to an activating group) is 1. The van der Waals surface area contributed by atoms with E-state index in [2.05, 4.69) is 4.98 Å². The van der Waals surface area contributed by atoms with Gasteiger partial charge in [-0.3, -0.25) is 4.79 Å². The zero-order valence-electron chi connectivity index (χ0n) is 12.0. The Labute approximate surface area is 120 Å². The molecule has 0 saturated carbocycles. The van der Waals surface area contributed by atoms with Crippen molar-refractivity contribution in [1.29, 1.82) is 0 Å². The van der Waals surface area contributed by atoms with Crippen molar-refractivity contribution in [1.82, 2.24) is 14.5 Å². The molecule has 1 unspecified atom stereocenters. The van der Waals surface area contributed by atoms with E-state index in [0.29, 0.717) is 0 Å². The Balaban J connectivity index is 3.01. The van der Waals surface area contributed by atoms with E-state index in [1.807, 2.05) is 0 Å². The molecule has 0 radical (unpaired) electrons. The molecule has 1 N–H and O–H groups in total. The molecule has 0 aliphatic carbocycles. The van der Waals surface area contributed by atoms with E-state index in [-0.39, 0.29) is 13.2 Å². The van der Waals surface area contributed by atoms with Crippen LogP contribution >= 0.6 is 0 Å². The Morgan fingerprint density at radius 1 is 1.52 bits per heavy atom. The summed E-state index contributed by atoms with van der Waals surface area (Å²) >= 11 is 0. The van der Waals surface area contributed by atoms with Gasteiger partial charge < -0.3 is 19.3 Å². The van der Waals surface area contributed by atoms with Crippen LogP contribution in [0.5, 0.6) is 0 Å². The van der Waals surface area contributed by atoms with Gasteiger partial charge in [0, 0.05) is 40.1 Å². The molecule has 0 spiro atoms. The molecule has 0 bridgehead atoms. The summed E-state index contributed by atoms with van der Waals surface area (Å²) in [6, 6.07) is 0. The molecule has 21 heavy (non-hydrogen) atoms. The average Bonchev–Trinajstić information content (AvgIpc) is 2.81. The standard InChI is InChI=1S/C12H18F3N3O3/c1-17(6-7-21-3)9(19)8-11(20,12(13,14)15)10-16-4-5-18(10)2/h4-5,20H,6-8H2,1-3H3. The van der Waals surface area contributed by atoms with Crippen LogP contribution in [0.3, 0.4) is 0 Å². The smallest absolute Gasteiger partial charge is 0.383 e. The highest BCUT2D eigenvalue weighted by Crippen LogP contribution is 2.40. The van der Waals surface area contributed by atoms with Gasteiger partial charge in [0.25, 0.3) is 0 Å². The Morgan fingerprint density at radius 3 is 2.57 bits per heavy atom. The summed E-state index contributed by atoms with van der Waals surface area (Å²) < 4.78 is 45.5. The molecule has 0 fully saturated rings. The number of alkyl halides is 3. The van der Waals surface area contributed by atoms with Gasteiger partial charge in [-0.15, -0.1) is 0 Å². The van der Waals surface area contributed by atoms with Crippen molar-refractivity contribution >= 4 is 5.91 Å². The Kier molecular flexibility index (Phi) is 5.35. The molecule has 0 aromatic carbocycles. The first-order valence-electron chi connectivity index (χ1n) is 6.13. The van der Waals surface area contributed by atoms with E-state index in [1.165, 1.54) is 27.4 Å². The summed E-state index contributed by atoms with van der Waals surface area (Å²) in [5.41, 5.74) is -3.33. The molecule has 1 aromatic rings. The summed E-state index contributed by atoms with van der Waals surface area (Å²) in [6.45, 7) is 0.318. The lowest BCUT2D eigenvalue weighted by Gasteiger charge is -2.30. The summed E-state index contributed by atoms with van der Waals surface area (Å²) in [5.74, 6) is -1.47. The third-order valence-electron chi connectivity index (χ3n) is 3.12. The van der Waals surface area contributed by atoms with Gasteiger partial charge >= 0.3 is 6.18 Å². The second kappa shape index (κ2) is 6.44. The number of hydrogen-bond acceptors (Lipinski definition) is 4. The predicted octanol–water partition coefficient (Wildman–Crippen LogP) is 0.665. The molecule has 1 aromatic heterocycles. The minimum absolute atomic E-state index is 0.129. The molecule has 9 heteroatoms. The van der Waals surface area contributed by atoms with Crippen LogP contribution in [0.1, 0.15) is 12.2 Å². The lowest BCUT2D eigenvalue weighted by atomic mass is 9.97. The molecular formula is C12H18F3N3O3. The molecule has 0 aliphatic heterocycles. The van der Waals surface area contributed by atoms with Crippen molar-refractivity contribution in [3.63, 3.8) is 0 Å². The second-order valence-electron chi connectivity index (χ2n) is 4.70. The Bertz CT molecular complexity index is 490. The third kappa shape index (κ3) is 3.73. The van der Waals surface area contributed by atoms with E-state index >= 15 is 0 Å². The van der Waals surface area contributed by atoms with Gasteiger partial charge in [0.05, 0.1) is 13.0 Å². The average molecular weight is 309 g/mol. The molecule has 1 heterocycles. The first kappa shape index (κ1) is 17.4. The van der Waals surface area contributed by atoms with Gasteiger partial charge in [-0.05, 0) is 0 Å². The Morgan fingerprint density at radius 2 is 2.14 bits per heavy atom. The number of carbonyl (C=O) groups excluding carboxylic acids is 1. The highest BCUT2D eigenvalue weighted by Gasteiger charge is 2.58. The summed E-state index contributed by atoms with van der Waals surface area (Å²) in [5, 5.41) is 10.0. The van der Waals surface area contributed by atoms with Gasteiger partial charge in [0.15, 0.2) is 5.82 Å². The quantitative estimate of drug-likeness (QED) is 0.838. The number of aryl methyl sites for hydroxylation is 1. The van der Waals surface area contributed by atoms with Crippen LogP contribution in [0, 0.1) is 0 Å². The van der Waals surface area contributed by atoms with E-state index < -0.39 is 29.9 Å². The number of imidazole rings is 1. The fourth-order valence-corrected chi connectivity index (χ4v) is 1.78. The second-order valence-corrected chi connectivity index (χ2v) is 4.70. The highest BCUT2D eigenvalue weighted by molar-refractivity contribution is 5.77. The van der Waals surface area contributed by atoms with Gasteiger partial charge in [-0.2, -0.15) is 13.2 Å². The van der Waals surface area contributed by atoms with E-state index in [1.54, 1.807) is 0 Å². The van der Waals surface area contributed by atoms with Crippen LogP contribution < -0.4 is 0 Å². The first-order chi connectivity index (χ1) is 9.63. The molecule has 0 aliphatic rings. The molecule has 1 amide bonds. The maximum Gasteiger partial charge on any atom is 0.425 e. The molecule has 0 saturated heterocycles. The van der Waals surface area contributed by atoms with Crippen molar-refractivity contribution in [2.45, 2.75) is 18.2 Å². The number of hydrogen-bond donors (Lipinski definition) is 1. The lowest BCUT2D eigenvalue weighted by molar-refractivity contribution is -0.271. The summed E-state index contributed by atoms with van der Waals surface area (Å²) in [6.07, 6.45) is -3.76. The highest BCUT2D eigenvalue weighted by atomic mass is 19.4. The van der Waals surface area contributed by atoms with Crippen LogP contribution in [0.2, 0.25) is 0 Å². The van der Waals surface area contributed by atoms with Crippen molar-refractivity contribution in [3.8, 4) is 0 Å². The maximum absolute atomic E-state index is 13.2. The number of nitrogens with zero attached hydrogens (tertiary/aromatic N) is 3. The largest absolute Gasteiger partial charge is 0.425 e. The fourth-order valence-electron chi connectivity index (χ4n) is 1.78. The van der Waals surface area contributed by atoms with Crippen LogP contribution in [0.15, 0.2) is 12.4 Å². The normalized spacial score (nSPS) is 14.8. The number of rotatable bonds is 6. The monoisotopic (exact) mass is 309 g/mol. The minimum atomic E-state index is -5.02. The summed E-state index contributed by atoms with van der Waals surface area (Å²) in [7, 11) is 4.08. The predicted molar refractivity (Wildman–Crippen MR) is 67.3 cm³/mol. The first-order valence-corrected chi connectivity index (χ1v) is 6.13. The molecule has 1 rings (SSSR count). The van der Waals surface area contributed by atoms with Gasteiger partial charge in [-0.25, -0.2) is 4.98 Å². The topological polar surface area (TPSA) is 67.6 Å². The van der Waals surface area contributed by atoms with Crippen LogP contribution in [0.25, 0.3) is 0 Å². The van der Waals surface area contributed by atoms with E-state index in [9.17, 15) is 23.1 Å². The van der Waals surface area contributed by atoms with Crippen molar-refractivity contribution in [3.05, 3.63) is 18.2 Å². The van der Waals surface area contributed by atoms with Gasteiger partial charge in [0.1, 0.15) is 0 Å². The summed E-state index contributed by atoms with van der Waals surface area (Å²) in [4.78, 5) is 16.5. The number of halogens is 3. The van der Waals surface area contributed by atoms with Crippen molar-refractivity contribution in [2.24, 2.45) is 7.05 Å². The van der Waals surface area contributed by atoms with Gasteiger partial charge in [-0.1, -0.05) is 0 Å². The van der Waals surface area contributed by atoms with E-state index in [0.717, 1.165) is 15.7 Å². The van der Waals surface area contributed by atoms with Crippen LogP contribution in [0.4, 0.5) is 13.2 Å². The maximum atomic E-state index is 13.2.